The van der Waals surface area contributed by atoms with Gasteiger partial charge in [0, 0.05) is 43.6 Å². The quantitative estimate of drug-likeness (QED) is 0.440. The van der Waals surface area contributed by atoms with Gasteiger partial charge in [0.25, 0.3) is 5.91 Å². The molecular formula is C23H37N3O9S. The van der Waals surface area contributed by atoms with Crippen molar-refractivity contribution in [2.75, 3.05) is 25.4 Å². The molecule has 36 heavy (non-hydrogen) atoms. The standard InChI is InChI=1S/C23H37N3O9S/c1-14(20(31)32)26(21(33)35-22(2,3)4)13-23(5,6)18-19(30)25-10-9-15(27)24-11-12-36-17(29)8-7-16(28)34-18/h14,18H,7-13H2,1-6H3,(H,24,27)(H,25,30)(H,31,32)/t14?,18-/m0/s1. The highest BCUT2D eigenvalue weighted by Crippen LogP contribution is 2.28. The van der Waals surface area contributed by atoms with Gasteiger partial charge >= 0.3 is 18.0 Å². The predicted molar refractivity (Wildman–Crippen MR) is 131 cm³/mol. The second-order valence-corrected chi connectivity index (χ2v) is 11.2. The molecule has 1 aliphatic rings. The highest BCUT2D eigenvalue weighted by atomic mass is 32.2. The zero-order valence-electron chi connectivity index (χ0n) is 21.7. The lowest BCUT2D eigenvalue weighted by Crippen LogP contribution is -2.55. The van der Waals surface area contributed by atoms with Crippen molar-refractivity contribution in [1.29, 1.82) is 0 Å². The molecule has 1 rings (SSSR count). The minimum atomic E-state index is -1.45. The molecule has 12 nitrogen and oxygen atoms in total. The molecule has 13 heteroatoms. The van der Waals surface area contributed by atoms with Gasteiger partial charge in [0.2, 0.25) is 5.91 Å². The van der Waals surface area contributed by atoms with Gasteiger partial charge in [-0.25, -0.2) is 9.59 Å². The van der Waals surface area contributed by atoms with Crippen LogP contribution in [0.5, 0.6) is 0 Å². The van der Waals surface area contributed by atoms with Gasteiger partial charge in [-0.2, -0.15) is 0 Å². The molecule has 0 aromatic carbocycles. The summed E-state index contributed by atoms with van der Waals surface area (Å²) in [5, 5.41) is 14.5. The van der Waals surface area contributed by atoms with Crippen LogP contribution < -0.4 is 10.6 Å². The van der Waals surface area contributed by atoms with E-state index in [4.69, 9.17) is 9.47 Å². The average Bonchev–Trinajstić information content (AvgIpc) is 2.75. The first-order valence-corrected chi connectivity index (χ1v) is 12.6. The summed E-state index contributed by atoms with van der Waals surface area (Å²) in [7, 11) is 0. The second-order valence-electron chi connectivity index (χ2n) is 10.1. The molecule has 2 atom stereocenters. The minimum Gasteiger partial charge on any atom is -0.480 e. The van der Waals surface area contributed by atoms with Crippen LogP contribution in [0.25, 0.3) is 0 Å². The number of carbonyl (C=O) groups excluding carboxylic acids is 5. The van der Waals surface area contributed by atoms with Crippen molar-refractivity contribution in [3.63, 3.8) is 0 Å². The lowest BCUT2D eigenvalue weighted by molar-refractivity contribution is -0.165. The Morgan fingerprint density at radius 2 is 1.72 bits per heavy atom. The van der Waals surface area contributed by atoms with E-state index in [1.807, 2.05) is 0 Å². The Kier molecular flexibility index (Phi) is 11.7. The number of nitrogens with one attached hydrogen (secondary N) is 2. The van der Waals surface area contributed by atoms with Gasteiger partial charge in [-0.05, 0) is 27.7 Å². The third kappa shape index (κ3) is 10.8. The van der Waals surface area contributed by atoms with Crippen LogP contribution in [0.1, 0.15) is 60.8 Å². The normalized spacial score (nSPS) is 20.1. The number of carboxylic acid groups (broad SMARTS) is 1. The van der Waals surface area contributed by atoms with Crippen molar-refractivity contribution in [2.45, 2.75) is 78.6 Å². The Morgan fingerprint density at radius 3 is 2.31 bits per heavy atom. The van der Waals surface area contributed by atoms with Gasteiger partial charge in [0.15, 0.2) is 11.2 Å². The first-order valence-electron chi connectivity index (χ1n) is 11.7. The van der Waals surface area contributed by atoms with Crippen LogP contribution >= 0.6 is 11.8 Å². The number of thioether (sulfide) groups is 1. The van der Waals surface area contributed by atoms with E-state index in [1.54, 1.807) is 34.6 Å². The van der Waals surface area contributed by atoms with E-state index in [-0.39, 0.29) is 49.9 Å². The third-order valence-electron chi connectivity index (χ3n) is 5.10. The van der Waals surface area contributed by atoms with Crippen LogP contribution in [-0.2, 0) is 33.4 Å². The van der Waals surface area contributed by atoms with E-state index in [2.05, 4.69) is 10.6 Å². The molecule has 0 radical (unpaired) electrons. The number of rotatable bonds is 5. The average molecular weight is 532 g/mol. The van der Waals surface area contributed by atoms with Crippen LogP contribution in [0.2, 0.25) is 0 Å². The molecular weight excluding hydrogens is 494 g/mol. The molecule has 1 unspecified atom stereocenters. The Bertz CT molecular complexity index is 854. The molecule has 0 spiro atoms. The summed E-state index contributed by atoms with van der Waals surface area (Å²) in [6.45, 7) is 9.19. The van der Waals surface area contributed by atoms with Gasteiger partial charge in [-0.3, -0.25) is 24.1 Å². The van der Waals surface area contributed by atoms with Crippen molar-refractivity contribution in [1.82, 2.24) is 15.5 Å². The molecule has 0 aromatic rings. The number of hydrogen-bond donors (Lipinski definition) is 3. The lowest BCUT2D eigenvalue weighted by Gasteiger charge is -2.39. The van der Waals surface area contributed by atoms with E-state index in [9.17, 15) is 33.9 Å². The van der Waals surface area contributed by atoms with Gasteiger partial charge in [0.05, 0.1) is 6.42 Å². The summed E-state index contributed by atoms with van der Waals surface area (Å²) in [6, 6.07) is -1.31. The van der Waals surface area contributed by atoms with E-state index >= 15 is 0 Å². The second kappa shape index (κ2) is 13.5. The zero-order valence-corrected chi connectivity index (χ0v) is 22.5. The molecule has 0 saturated carbocycles. The summed E-state index contributed by atoms with van der Waals surface area (Å²) < 4.78 is 10.8. The van der Waals surface area contributed by atoms with Crippen LogP contribution in [-0.4, -0.2) is 88.1 Å². The molecule has 3 amide bonds. The van der Waals surface area contributed by atoms with Crippen LogP contribution in [0.15, 0.2) is 0 Å². The molecule has 1 fully saturated rings. The molecule has 1 saturated heterocycles. The first-order chi connectivity index (χ1) is 16.5. The fourth-order valence-corrected chi connectivity index (χ4v) is 3.88. The smallest absolute Gasteiger partial charge is 0.411 e. The monoisotopic (exact) mass is 531 g/mol. The number of aliphatic carboxylic acids is 1. The largest absolute Gasteiger partial charge is 0.480 e. The number of ether oxygens (including phenoxy) is 2. The number of hydrogen-bond acceptors (Lipinski definition) is 9. The maximum absolute atomic E-state index is 13.1. The highest BCUT2D eigenvalue weighted by molar-refractivity contribution is 8.13. The molecule has 3 N–H and O–H groups in total. The first kappa shape index (κ1) is 31.2. The van der Waals surface area contributed by atoms with Crippen molar-refractivity contribution in [3.8, 4) is 0 Å². The predicted octanol–water partition coefficient (Wildman–Crippen LogP) is 1.31. The summed E-state index contributed by atoms with van der Waals surface area (Å²) in [5.74, 6) is -2.77. The number of carbonyl (C=O) groups is 6. The lowest BCUT2D eigenvalue weighted by atomic mass is 9.84. The van der Waals surface area contributed by atoms with Crippen LogP contribution in [0, 0.1) is 5.41 Å². The van der Waals surface area contributed by atoms with Crippen molar-refractivity contribution in [3.05, 3.63) is 0 Å². The molecule has 0 aromatic heterocycles. The van der Waals surface area contributed by atoms with Gasteiger partial charge in [0.1, 0.15) is 11.6 Å². The molecule has 0 aliphatic carbocycles. The van der Waals surface area contributed by atoms with Gasteiger partial charge in [-0.15, -0.1) is 0 Å². The summed E-state index contributed by atoms with van der Waals surface area (Å²) >= 11 is 0.983. The number of carboxylic acids is 1. The van der Waals surface area contributed by atoms with E-state index in [0.29, 0.717) is 5.75 Å². The number of amides is 3. The Hall–Kier alpha value is -2.83. The Labute approximate surface area is 215 Å². The minimum absolute atomic E-state index is 0.0362. The van der Waals surface area contributed by atoms with Crippen molar-refractivity contribution in [2.24, 2.45) is 5.41 Å². The number of nitrogens with zero attached hydrogens (tertiary/aromatic N) is 1. The maximum Gasteiger partial charge on any atom is 0.411 e. The fraction of sp³-hybridized carbons (Fsp3) is 0.739. The molecule has 0 bridgehead atoms. The zero-order chi connectivity index (χ0) is 27.7. The highest BCUT2D eigenvalue weighted by Gasteiger charge is 2.43. The third-order valence-corrected chi connectivity index (χ3v) is 6.03. The summed E-state index contributed by atoms with van der Waals surface area (Å²) in [4.78, 5) is 75.1. The topological polar surface area (TPSA) is 168 Å². The van der Waals surface area contributed by atoms with Crippen molar-refractivity contribution < 1.29 is 43.3 Å². The number of cyclic esters (lactones) is 1. The fourth-order valence-electron chi connectivity index (χ4n) is 3.21. The number of esters is 1. The van der Waals surface area contributed by atoms with E-state index in [1.165, 1.54) is 6.92 Å². The van der Waals surface area contributed by atoms with Crippen LogP contribution in [0.3, 0.4) is 0 Å². The molecule has 204 valence electrons. The van der Waals surface area contributed by atoms with Gasteiger partial charge in [-0.1, -0.05) is 25.6 Å². The Balaban J connectivity index is 3.23. The maximum atomic E-state index is 13.1. The Morgan fingerprint density at radius 1 is 1.08 bits per heavy atom. The van der Waals surface area contributed by atoms with Crippen LogP contribution in [0.4, 0.5) is 4.79 Å². The van der Waals surface area contributed by atoms with Gasteiger partial charge < -0.3 is 25.2 Å². The van der Waals surface area contributed by atoms with E-state index < -0.39 is 47.1 Å². The summed E-state index contributed by atoms with van der Waals surface area (Å²) in [6.07, 6.45) is -2.78. The summed E-state index contributed by atoms with van der Waals surface area (Å²) in [5.41, 5.74) is -2.19. The van der Waals surface area contributed by atoms with Crippen molar-refractivity contribution >= 4 is 46.7 Å². The SMILES string of the molecule is CC(C(=O)O)N(CC(C)(C)[C@H]1OC(=O)CCC(=O)SCCNC(=O)CCNC1=O)C(=O)OC(C)(C)C. The van der Waals surface area contributed by atoms with E-state index in [0.717, 1.165) is 16.7 Å². The molecule has 1 heterocycles. The molecule has 1 aliphatic heterocycles.